The number of hydrogen-bond acceptors (Lipinski definition) is 26. The van der Waals surface area contributed by atoms with E-state index >= 15 is 0 Å². The monoisotopic (exact) mass is 2010 g/mol. The van der Waals surface area contributed by atoms with Crippen molar-refractivity contribution < 1.29 is 57.3 Å². The van der Waals surface area contributed by atoms with Crippen molar-refractivity contribution in [1.82, 2.24) is 70.4 Å². The second-order valence-corrected chi connectivity index (χ2v) is 28.3. The van der Waals surface area contributed by atoms with Gasteiger partial charge in [0, 0.05) is 141 Å². The number of non-ortho nitro benzene ring substituents is 2. The second kappa shape index (κ2) is 65.5. The molecule has 1 fully saturated rings. The molecule has 2 amide bonds. The van der Waals surface area contributed by atoms with Crippen molar-refractivity contribution in [2.75, 3.05) is 25.2 Å². The number of nitrogens with zero attached hydrogens (tertiary/aromatic N) is 18. The third-order valence-electron chi connectivity index (χ3n) is 11.6. The first kappa shape index (κ1) is 115. The Labute approximate surface area is 732 Å². The average Bonchev–Trinajstić information content (AvgIpc) is 1.02. The van der Waals surface area contributed by atoms with E-state index in [1.54, 1.807) is 159 Å². The van der Waals surface area contributed by atoms with Crippen LogP contribution in [0, 0.1) is 31.5 Å². The van der Waals surface area contributed by atoms with Gasteiger partial charge in [-0.3, -0.25) is 20.2 Å². The average molecular weight is 2010 g/mol. The van der Waals surface area contributed by atoms with Crippen molar-refractivity contribution in [2.24, 2.45) is 10.8 Å². The normalized spacial score (nSPS) is 11.6. The van der Waals surface area contributed by atoms with Crippen molar-refractivity contribution in [3.05, 3.63) is 222 Å². The van der Waals surface area contributed by atoms with Gasteiger partial charge in [-0.1, -0.05) is 60.3 Å². The van der Waals surface area contributed by atoms with Gasteiger partial charge in [0.05, 0.1) is 74.5 Å². The number of anilines is 2. The summed E-state index contributed by atoms with van der Waals surface area (Å²) < 4.78 is 26.5. The molecule has 1 saturated heterocycles. The fourth-order valence-corrected chi connectivity index (χ4v) is 8.04. The molecule has 5 N–H and O–H groups in total. The number of alkyl carbamates (subject to hydrolysis) is 2. The van der Waals surface area contributed by atoms with Crippen molar-refractivity contribution >= 4 is 167 Å². The standard InChI is InChI=1S/C18H23N5O4.C11H16BrN3O2.C8H9NO2.C6H6BrN5.C6H8BrN3.C6H7BrN2O.C4H2BrIN2.C4H8O.C2H4O.C2H6.3CH4.CH3.ClH.Mg/c1-12(21-17(24)27-18(2,3)4)16-19-10-15(11-20-16)22(5)13-6-8-14(9-7-13)23(25)26;1-7(9-13-5-8(12)6-14-9)15-10(16)17-11(2,3)4;1-2-7-3-5-8(6-4-7)9(10)11;1-4(11-12-8)6-9-2-5(7)3-10-6;1-4(8)6-9-2-5(7)3-10-6;1-4(10)6-8-2-5(7)3-9-6;5-3-1-7-4(6)8-2-3;1-2-4-5-3-1;1-2-3;1-2;;;;;;/h6-12H,1-5H3,(H,21,24);5-7H,1-4H3,(H,15,16);3-6H,2H2,1H3;2-4H,1H3;2-4H,8H2,1H3;2-4,10H,1H3;1-2H;1-4H2;2H,1H3;1-2H3;3*1H4;1H3;1H;/q;;;;;;;;;;;;;-1;;+2/p-1/i;;;;;;;;;1D;;;;;;. The summed E-state index contributed by atoms with van der Waals surface area (Å²) in [5.74, 6) is 2.63. The van der Waals surface area contributed by atoms with Gasteiger partial charge in [0.1, 0.15) is 46.9 Å². The van der Waals surface area contributed by atoms with Crippen LogP contribution in [-0.2, 0) is 25.4 Å². The number of ether oxygens (including phenoxy) is 3. The van der Waals surface area contributed by atoms with Crippen LogP contribution in [0.25, 0.3) is 10.4 Å². The first-order valence-electron chi connectivity index (χ1n) is 32.3. The summed E-state index contributed by atoms with van der Waals surface area (Å²) in [6.07, 6.45) is 22.4. The Kier molecular flexibility index (Phi) is 67.9. The molecule has 5 unspecified atom stereocenters. The van der Waals surface area contributed by atoms with E-state index in [2.05, 4.69) is 183 Å². The molecule has 0 bridgehead atoms. The predicted octanol–water partition coefficient (Wildman–Crippen LogP) is 16.7. The van der Waals surface area contributed by atoms with Crippen LogP contribution in [0.15, 0.2) is 150 Å². The number of halogens is 7. The Balaban J connectivity index is -0.000000230. The molecule has 610 valence electrons. The molecule has 5 atom stereocenters. The smallest absolute Gasteiger partial charge is 1.00 e. The Bertz CT molecular complexity index is 3770. The minimum absolute atomic E-state index is 0. The number of azide groups is 1. The van der Waals surface area contributed by atoms with E-state index in [1.807, 2.05) is 41.7 Å². The van der Waals surface area contributed by atoms with Crippen LogP contribution in [0.3, 0.4) is 0 Å². The number of carbonyl (C=O) groups excluding carboxylic acids is 3. The number of aromatic nitrogens is 12. The van der Waals surface area contributed by atoms with Crippen LogP contribution in [0.1, 0.15) is 205 Å². The molecule has 2 aromatic carbocycles. The van der Waals surface area contributed by atoms with E-state index in [1.165, 1.54) is 44.0 Å². The summed E-state index contributed by atoms with van der Waals surface area (Å²) in [5.41, 5.74) is 15.3. The second-order valence-electron chi connectivity index (χ2n) is 22.8. The number of nitrogens with two attached hydrogens (primary N) is 1. The van der Waals surface area contributed by atoms with Crippen molar-refractivity contribution in [3.63, 3.8) is 0 Å². The molecule has 0 saturated carbocycles. The molecule has 1 aliphatic rings. The van der Waals surface area contributed by atoms with E-state index < -0.39 is 40.5 Å². The largest absolute Gasteiger partial charge is 2.00 e. The molecule has 0 aliphatic carbocycles. The maximum absolute atomic E-state index is 11.8. The molecule has 6 aromatic heterocycles. The number of hydrogen-bond donors (Lipinski definition) is 4. The molecule has 0 radical (unpaired) electrons. The summed E-state index contributed by atoms with van der Waals surface area (Å²) in [6, 6.07) is 11.7. The van der Waals surface area contributed by atoms with E-state index in [9.17, 15) is 29.8 Å². The fraction of sp³-hybridized carbons (Fsp3) is 0.437. The molecule has 9 rings (SSSR count). The molecule has 32 nitrogen and oxygen atoms in total. The van der Waals surface area contributed by atoms with Crippen molar-refractivity contribution in [1.29, 1.82) is 0 Å². The van der Waals surface area contributed by atoms with Crippen LogP contribution < -0.4 is 33.7 Å². The maximum Gasteiger partial charge on any atom is 2.00 e. The van der Waals surface area contributed by atoms with Gasteiger partial charge in [-0.15, -0.1) is 0 Å². The summed E-state index contributed by atoms with van der Waals surface area (Å²) in [4.78, 5) is 105. The van der Waals surface area contributed by atoms with Gasteiger partial charge < -0.3 is 65.2 Å². The molecule has 8 aromatic rings. The Morgan fingerprint density at radius 2 is 0.946 bits per heavy atom. The Morgan fingerprint density at radius 3 is 1.22 bits per heavy atom. The predicted molar refractivity (Wildman–Crippen MR) is 459 cm³/mol. The van der Waals surface area contributed by atoms with Crippen LogP contribution in [0.2, 0.25) is 0 Å². The maximum atomic E-state index is 11.8. The van der Waals surface area contributed by atoms with Crippen molar-refractivity contribution in [2.45, 2.75) is 187 Å². The van der Waals surface area contributed by atoms with Gasteiger partial charge in [0.2, 0.25) is 0 Å². The number of benzene rings is 2. The molecule has 7 heterocycles. The van der Waals surface area contributed by atoms with Crippen LogP contribution >= 0.6 is 102 Å². The van der Waals surface area contributed by atoms with Crippen LogP contribution in [-0.4, -0.2) is 148 Å². The summed E-state index contributed by atoms with van der Waals surface area (Å²) in [6.45, 7) is 27.3. The summed E-state index contributed by atoms with van der Waals surface area (Å²) in [7, 11) is 1.81. The molecule has 0 spiro atoms. The number of carbonyl (C=O) groups is 3. The molecule has 1 aliphatic heterocycles. The topological polar surface area (TPSA) is 442 Å². The quantitative estimate of drug-likeness (QED) is 0.00795. The number of nitro groups is 2. The number of aliphatic hydroxyl groups is 1. The van der Waals surface area contributed by atoms with Crippen LogP contribution in [0.4, 0.5) is 32.3 Å². The third-order valence-corrected chi connectivity index (χ3v) is 14.3. The van der Waals surface area contributed by atoms with Crippen molar-refractivity contribution in [3.8, 4) is 0 Å². The van der Waals surface area contributed by atoms with Gasteiger partial charge in [0.15, 0.2) is 9.66 Å². The Morgan fingerprint density at radius 1 is 0.649 bits per heavy atom. The minimum atomic E-state index is -0.590. The van der Waals surface area contributed by atoms with Crippen LogP contribution in [0.5, 0.6) is 0 Å². The first-order valence-corrected chi connectivity index (χ1v) is 36.7. The molecular formula is C71H104Br5ClIMgN21O11. The molecular weight excluding hydrogens is 1910 g/mol. The number of aliphatic hydroxyl groups excluding tert-OH is 1. The summed E-state index contributed by atoms with van der Waals surface area (Å²) in [5, 5.41) is 38.7. The number of nitro benzene ring substituents is 2. The van der Waals surface area contributed by atoms with E-state index in [-0.39, 0.29) is 99.6 Å². The fourth-order valence-electron chi connectivity index (χ4n) is 6.74. The van der Waals surface area contributed by atoms with E-state index in [4.69, 9.17) is 36.7 Å². The number of amides is 2. The number of rotatable bonds is 13. The zero-order valence-corrected chi connectivity index (χ0v) is 75.0. The van der Waals surface area contributed by atoms with Gasteiger partial charge in [-0.05, 0) is 205 Å². The number of aryl methyl sites for hydroxylation is 1. The summed E-state index contributed by atoms with van der Waals surface area (Å²) >= 11 is 18.1. The first-order chi connectivity index (χ1) is 49.8. The zero-order valence-electron chi connectivity index (χ0n) is 63.8. The third kappa shape index (κ3) is 56.1. The van der Waals surface area contributed by atoms with Gasteiger partial charge in [0.25, 0.3) is 11.4 Å². The molecule has 111 heavy (non-hydrogen) atoms. The minimum Gasteiger partial charge on any atom is -1.00 e. The Hall–Kier alpha value is -6.89. The van der Waals surface area contributed by atoms with Gasteiger partial charge >= 0.3 is 35.2 Å². The van der Waals surface area contributed by atoms with Gasteiger partial charge in [-0.2, -0.15) is 0 Å². The molecule has 40 heteroatoms. The zero-order chi connectivity index (χ0) is 80.5. The SMILES string of the molecule is Brc1cnc(I)nc1.C.C.C.C1CCOC1.CC(N)c1ncc(Br)cn1.CC(N=[N+]=[N-])c1ncc(Br)cn1.CC(NC(=O)OC(C)(C)C)c1ncc(Br)cn1.CC(NC(=O)OC(C)(C)C)c1ncc(N(C)c2ccc([N+](=O)[O-])cc2)cn1.CC(O)c1ncc(Br)cn1.CC=O.CCc1ccc([N+](=O)[O-])cc1.[2H]CC.[CH3-].[Cl-].[Mg+2]. The van der Waals surface area contributed by atoms with E-state index in [0.29, 0.717) is 41.7 Å². The number of aldehydes is 1. The van der Waals surface area contributed by atoms with E-state index in [0.717, 1.165) is 63.4 Å². The number of nitrogens with one attached hydrogen (secondary N) is 2. The van der Waals surface area contributed by atoms with Gasteiger partial charge in [-0.25, -0.2) is 69.4 Å².